The molecule has 2 saturated heterocycles. The Labute approximate surface area is 381 Å². The predicted molar refractivity (Wildman–Crippen MR) is 242 cm³/mol. The number of para-hydroxylation sites is 1. The molecule has 16 nitrogen and oxygen atoms in total. The van der Waals surface area contributed by atoms with E-state index in [9.17, 15) is 32.4 Å². The molecule has 7 atom stereocenters. The lowest BCUT2D eigenvalue weighted by Crippen LogP contribution is -2.60. The van der Waals surface area contributed by atoms with Gasteiger partial charge in [0.05, 0.1) is 29.0 Å². The van der Waals surface area contributed by atoms with Gasteiger partial charge in [0.1, 0.15) is 35.6 Å². The standard InChI is InChI=1S/C48H64N6O10S/c1-6-31-28-48(31,44(58)52-65(60,61)47(5)22-23-47)51-41(56)36-27-32-29-54(36)43(57)40(46(2,3)4)50-45(59)64-37-20-12-16-30(37)15-8-7-9-18-34-39(62-26-14-25-53-24-13-21-38(53)55)33-17-10-11-19-35(33)49-42(34)63-32/h6-7,9-11,17,19,30-32,36-37,40H,1,8,12-16,18,20-29H2,2-5H3,(H,50,59)(H,51,56)(H,52,58)/b9-7+/t30-,31-,32-,36+,37-,40-,48-/m1/s1. The topological polar surface area (TPSA) is 203 Å². The zero-order chi connectivity index (χ0) is 46.3. The van der Waals surface area contributed by atoms with Gasteiger partial charge >= 0.3 is 6.09 Å². The largest absolute Gasteiger partial charge is 0.492 e. The highest BCUT2D eigenvalue weighted by Gasteiger charge is 2.63. The van der Waals surface area contributed by atoms with Gasteiger partial charge in [0, 0.05) is 37.2 Å². The van der Waals surface area contributed by atoms with Crippen molar-refractivity contribution >= 4 is 50.6 Å². The minimum absolute atomic E-state index is 0.0146. The second-order valence-electron chi connectivity index (χ2n) is 20.1. The first kappa shape index (κ1) is 46.3. The van der Waals surface area contributed by atoms with Crippen molar-refractivity contribution in [1.82, 2.24) is 30.1 Å². The summed E-state index contributed by atoms with van der Waals surface area (Å²) in [5.74, 6) is -1.46. The van der Waals surface area contributed by atoms with Crippen LogP contribution in [-0.4, -0.2) is 114 Å². The molecule has 6 aliphatic rings. The fraction of sp³-hybridized carbons (Fsp3) is 0.625. The molecule has 5 fully saturated rings. The average molecular weight is 917 g/mol. The SMILES string of the molecule is C=C[C@@H]1C[C@]1(NC(=O)[C@@H]1C[C@@H]2CN1C(=O)[C@H](C(C)(C)C)NC(=O)O[C@@H]1CCC[C@H]1CC/C=C/Cc1c(nc3ccccc3c1OCCCN1CCCC1=O)O2)C(=O)NS(=O)(=O)C1(C)CC1. The minimum Gasteiger partial charge on any atom is -0.492 e. The molecule has 3 N–H and O–H groups in total. The number of allylic oxidation sites excluding steroid dienone is 2. The number of nitrogens with one attached hydrogen (secondary N) is 3. The van der Waals surface area contributed by atoms with E-state index in [0.29, 0.717) is 68.5 Å². The summed E-state index contributed by atoms with van der Waals surface area (Å²) in [5.41, 5.74) is -1.12. The van der Waals surface area contributed by atoms with Crippen molar-refractivity contribution in [3.05, 3.63) is 54.6 Å². The molecule has 352 valence electrons. The molecule has 3 aliphatic carbocycles. The fourth-order valence-corrected chi connectivity index (χ4v) is 11.2. The van der Waals surface area contributed by atoms with Crippen LogP contribution in [0.25, 0.3) is 10.9 Å². The first-order valence-corrected chi connectivity index (χ1v) is 24.8. The number of fused-ring (bicyclic) bond motifs is 5. The van der Waals surface area contributed by atoms with E-state index in [-0.39, 0.29) is 43.2 Å². The summed E-state index contributed by atoms with van der Waals surface area (Å²) >= 11 is 0. The van der Waals surface area contributed by atoms with Crippen LogP contribution in [0.2, 0.25) is 0 Å². The smallest absolute Gasteiger partial charge is 0.408 e. The summed E-state index contributed by atoms with van der Waals surface area (Å²) in [7, 11) is -4.03. The van der Waals surface area contributed by atoms with Gasteiger partial charge in [-0.2, -0.15) is 0 Å². The van der Waals surface area contributed by atoms with Crippen molar-refractivity contribution in [3.8, 4) is 11.6 Å². The van der Waals surface area contributed by atoms with Gasteiger partial charge < -0.3 is 34.6 Å². The number of nitrogens with zero attached hydrogens (tertiary/aromatic N) is 3. The monoisotopic (exact) mass is 916 g/mol. The van der Waals surface area contributed by atoms with Crippen LogP contribution in [-0.2, 0) is 40.4 Å². The van der Waals surface area contributed by atoms with Crippen LogP contribution in [0.3, 0.4) is 0 Å². The number of hydrogen-bond acceptors (Lipinski definition) is 11. The summed E-state index contributed by atoms with van der Waals surface area (Å²) in [6.07, 6.45) is 11.3. The van der Waals surface area contributed by atoms with Crippen LogP contribution in [0.15, 0.2) is 49.1 Å². The van der Waals surface area contributed by atoms with Crippen LogP contribution in [0.1, 0.15) is 110 Å². The highest BCUT2D eigenvalue weighted by Crippen LogP contribution is 2.47. The Balaban J connectivity index is 1.14. The number of likely N-dealkylation sites (tertiary alicyclic amines) is 1. The molecule has 8 rings (SSSR count). The van der Waals surface area contributed by atoms with Crippen molar-refractivity contribution in [1.29, 1.82) is 0 Å². The van der Waals surface area contributed by atoms with E-state index in [1.165, 1.54) is 11.0 Å². The minimum atomic E-state index is -4.03. The van der Waals surface area contributed by atoms with E-state index >= 15 is 0 Å². The molecule has 5 amide bonds. The van der Waals surface area contributed by atoms with Gasteiger partial charge in [-0.15, -0.1) is 6.58 Å². The number of rotatable bonds is 11. The molecule has 17 heteroatoms. The molecule has 0 unspecified atom stereocenters. The average Bonchev–Trinajstić information content (AvgIpc) is 3.97. The molecule has 4 heterocycles. The molecular formula is C48H64N6O10S. The zero-order valence-corrected chi connectivity index (χ0v) is 38.9. The van der Waals surface area contributed by atoms with Crippen LogP contribution in [0, 0.1) is 17.3 Å². The van der Waals surface area contributed by atoms with Gasteiger partial charge in [-0.25, -0.2) is 18.2 Å². The Morgan fingerprint density at radius 3 is 2.57 bits per heavy atom. The Morgan fingerprint density at radius 2 is 1.86 bits per heavy atom. The Hall–Kier alpha value is -5.19. The number of sulfonamides is 1. The van der Waals surface area contributed by atoms with Crippen LogP contribution >= 0.6 is 0 Å². The van der Waals surface area contributed by atoms with Gasteiger partial charge in [0.2, 0.25) is 33.6 Å². The van der Waals surface area contributed by atoms with Gasteiger partial charge in [-0.1, -0.05) is 51.1 Å². The van der Waals surface area contributed by atoms with E-state index in [2.05, 4.69) is 34.1 Å². The van der Waals surface area contributed by atoms with Gasteiger partial charge in [0.25, 0.3) is 5.91 Å². The lowest BCUT2D eigenvalue weighted by Gasteiger charge is -2.35. The van der Waals surface area contributed by atoms with Crippen molar-refractivity contribution in [2.24, 2.45) is 17.3 Å². The Morgan fingerprint density at radius 1 is 1.08 bits per heavy atom. The first-order valence-electron chi connectivity index (χ1n) is 23.4. The lowest BCUT2D eigenvalue weighted by atomic mass is 9.85. The van der Waals surface area contributed by atoms with E-state index in [0.717, 1.165) is 44.0 Å². The molecule has 2 aromatic rings. The maximum Gasteiger partial charge on any atom is 0.408 e. The highest BCUT2D eigenvalue weighted by atomic mass is 32.2. The quantitative estimate of drug-likeness (QED) is 0.197. The molecule has 0 radical (unpaired) electrons. The number of carbonyl (C=O) groups excluding carboxylic acids is 5. The number of pyridine rings is 1. The van der Waals surface area contributed by atoms with Crippen molar-refractivity contribution in [2.45, 2.75) is 146 Å². The normalized spacial score (nSPS) is 29.6. The van der Waals surface area contributed by atoms with Crippen molar-refractivity contribution in [2.75, 3.05) is 26.2 Å². The Bertz CT molecular complexity index is 2360. The molecule has 2 bridgehead atoms. The number of amides is 5. The molecule has 0 spiro atoms. The van der Waals surface area contributed by atoms with Gasteiger partial charge in [-0.05, 0) is 101 Å². The summed E-state index contributed by atoms with van der Waals surface area (Å²) in [6, 6.07) is 5.29. The molecule has 1 aromatic heterocycles. The van der Waals surface area contributed by atoms with E-state index in [1.54, 1.807) is 6.92 Å². The van der Waals surface area contributed by atoms with Gasteiger partial charge in [-0.3, -0.25) is 23.9 Å². The molecule has 1 aromatic carbocycles. The first-order chi connectivity index (χ1) is 30.9. The lowest BCUT2D eigenvalue weighted by molar-refractivity contribution is -0.143. The van der Waals surface area contributed by atoms with Gasteiger partial charge in [0.15, 0.2) is 0 Å². The fourth-order valence-electron chi connectivity index (χ4n) is 9.88. The number of aromatic nitrogens is 1. The second-order valence-corrected chi connectivity index (χ2v) is 22.3. The third-order valence-corrected chi connectivity index (χ3v) is 16.5. The van der Waals surface area contributed by atoms with E-state index < -0.39 is 73.6 Å². The summed E-state index contributed by atoms with van der Waals surface area (Å²) in [5, 5.41) is 6.51. The van der Waals surface area contributed by atoms with E-state index in [1.807, 2.05) is 49.9 Å². The Kier molecular flexibility index (Phi) is 13.0. The van der Waals surface area contributed by atoms with Crippen LogP contribution in [0.4, 0.5) is 4.79 Å². The summed E-state index contributed by atoms with van der Waals surface area (Å²) in [6.45, 7) is 12.5. The van der Waals surface area contributed by atoms with Crippen molar-refractivity contribution < 1.29 is 46.6 Å². The molecular weight excluding hydrogens is 853 g/mol. The van der Waals surface area contributed by atoms with Crippen molar-refractivity contribution in [3.63, 3.8) is 0 Å². The number of carbonyl (C=O) groups is 5. The maximum absolute atomic E-state index is 15.0. The number of hydrogen-bond donors (Lipinski definition) is 3. The van der Waals surface area contributed by atoms with E-state index in [4.69, 9.17) is 19.2 Å². The third kappa shape index (κ3) is 9.71. The summed E-state index contributed by atoms with van der Waals surface area (Å²) in [4.78, 5) is 77.8. The predicted octanol–water partition coefficient (Wildman–Crippen LogP) is 5.24. The maximum atomic E-state index is 15.0. The van der Waals surface area contributed by atoms with Crippen LogP contribution in [0.5, 0.6) is 11.6 Å². The molecule has 65 heavy (non-hydrogen) atoms. The zero-order valence-electron chi connectivity index (χ0n) is 38.1. The van der Waals surface area contributed by atoms with Crippen LogP contribution < -0.4 is 24.8 Å². The highest BCUT2D eigenvalue weighted by molar-refractivity contribution is 7.91. The number of alkyl carbamates (subject to hydrolysis) is 1. The third-order valence-electron chi connectivity index (χ3n) is 14.3. The number of ether oxygens (including phenoxy) is 3. The molecule has 3 aliphatic heterocycles. The molecule has 3 saturated carbocycles. The summed E-state index contributed by atoms with van der Waals surface area (Å²) < 4.78 is 47.0. The number of benzene rings is 1. The second kappa shape index (κ2) is 18.2.